The summed E-state index contributed by atoms with van der Waals surface area (Å²) in [5, 5.41) is 5.42. The molecule has 0 radical (unpaired) electrons. The van der Waals surface area contributed by atoms with Crippen LogP contribution in [0.25, 0.3) is 0 Å². The van der Waals surface area contributed by atoms with E-state index in [0.717, 1.165) is 0 Å². The van der Waals surface area contributed by atoms with Crippen molar-refractivity contribution < 1.29 is 23.9 Å². The average molecular weight is 407 g/mol. The highest BCUT2D eigenvalue weighted by atomic mass is 32.1. The Morgan fingerprint density at radius 3 is 2.82 bits per heavy atom. The molecule has 2 rings (SSSR count). The number of nitrogens with one attached hydrogen (secondary N) is 2. The Kier molecular flexibility index (Phi) is 7.74. The largest absolute Gasteiger partial charge is 0.494 e. The topological polar surface area (TPSA) is 97.0 Å². The summed E-state index contributed by atoms with van der Waals surface area (Å²) < 4.78 is 10.5. The first-order valence-electron chi connectivity index (χ1n) is 9.13. The van der Waals surface area contributed by atoms with E-state index in [2.05, 4.69) is 10.6 Å². The van der Waals surface area contributed by atoms with Gasteiger partial charge in [-0.1, -0.05) is 6.07 Å². The lowest BCUT2D eigenvalue weighted by atomic mass is 10.1. The van der Waals surface area contributed by atoms with Crippen molar-refractivity contribution in [3.8, 4) is 5.75 Å². The molecule has 1 atom stereocenters. The van der Waals surface area contributed by atoms with Crippen LogP contribution in [0.4, 0.5) is 0 Å². The average Bonchev–Trinajstić information content (AvgIpc) is 2.63. The van der Waals surface area contributed by atoms with Gasteiger partial charge in [0.25, 0.3) is 5.91 Å². The van der Waals surface area contributed by atoms with E-state index in [-0.39, 0.29) is 23.5 Å². The predicted molar refractivity (Wildman–Crippen MR) is 107 cm³/mol. The summed E-state index contributed by atoms with van der Waals surface area (Å²) in [6.07, 6.45) is -0.434. The highest BCUT2D eigenvalue weighted by Crippen LogP contribution is 2.15. The smallest absolute Gasteiger partial charge is 0.308 e. The minimum atomic E-state index is -0.831. The van der Waals surface area contributed by atoms with Gasteiger partial charge in [-0.2, -0.15) is 0 Å². The SMILES string of the molecule is CCOc1cccc(C(=O)NC(=S)N2CCNC(=O)[C@H]2CC(=O)OC(C)C)c1. The number of piperazine rings is 1. The molecule has 0 spiro atoms. The first-order chi connectivity index (χ1) is 13.3. The quantitative estimate of drug-likeness (QED) is 0.541. The first-order valence-corrected chi connectivity index (χ1v) is 9.54. The Hall–Kier alpha value is -2.68. The highest BCUT2D eigenvalue weighted by Gasteiger charge is 2.34. The van der Waals surface area contributed by atoms with E-state index >= 15 is 0 Å². The van der Waals surface area contributed by atoms with Gasteiger partial charge in [0.2, 0.25) is 5.91 Å². The number of rotatable bonds is 6. The molecule has 1 aromatic rings. The fraction of sp³-hybridized carbons (Fsp3) is 0.474. The summed E-state index contributed by atoms with van der Waals surface area (Å²) in [6.45, 7) is 6.55. The van der Waals surface area contributed by atoms with E-state index in [0.29, 0.717) is 31.0 Å². The lowest BCUT2D eigenvalue weighted by Gasteiger charge is -2.36. The number of hydrogen-bond donors (Lipinski definition) is 2. The zero-order chi connectivity index (χ0) is 20.7. The Morgan fingerprint density at radius 1 is 1.39 bits per heavy atom. The molecule has 0 aliphatic carbocycles. The van der Waals surface area contributed by atoms with E-state index < -0.39 is 17.9 Å². The Labute approximate surface area is 169 Å². The number of hydrogen-bond acceptors (Lipinski definition) is 6. The molecule has 28 heavy (non-hydrogen) atoms. The summed E-state index contributed by atoms with van der Waals surface area (Å²) in [6, 6.07) is 5.89. The normalized spacial score (nSPS) is 16.4. The van der Waals surface area contributed by atoms with Crippen LogP contribution in [0.3, 0.4) is 0 Å². The number of benzene rings is 1. The Bertz CT molecular complexity index is 753. The third-order valence-corrected chi connectivity index (χ3v) is 4.28. The molecule has 0 aromatic heterocycles. The summed E-state index contributed by atoms with van der Waals surface area (Å²) in [4.78, 5) is 38.3. The van der Waals surface area contributed by atoms with E-state index in [1.807, 2.05) is 6.92 Å². The van der Waals surface area contributed by atoms with Crippen LogP contribution in [0.5, 0.6) is 5.75 Å². The van der Waals surface area contributed by atoms with Crippen LogP contribution in [0.1, 0.15) is 37.6 Å². The van der Waals surface area contributed by atoms with Gasteiger partial charge in [0.15, 0.2) is 5.11 Å². The molecule has 0 bridgehead atoms. The lowest BCUT2D eigenvalue weighted by Crippen LogP contribution is -2.60. The van der Waals surface area contributed by atoms with Crippen molar-refractivity contribution in [3.63, 3.8) is 0 Å². The summed E-state index contributed by atoms with van der Waals surface area (Å²) in [7, 11) is 0. The molecule has 1 fully saturated rings. The molecule has 2 amide bonds. The molecule has 1 saturated heterocycles. The second-order valence-electron chi connectivity index (χ2n) is 6.46. The second kappa shape index (κ2) is 10.0. The van der Waals surface area contributed by atoms with E-state index in [1.165, 1.54) is 0 Å². The van der Waals surface area contributed by atoms with Gasteiger partial charge in [0.1, 0.15) is 11.8 Å². The maximum atomic E-state index is 12.5. The minimum Gasteiger partial charge on any atom is -0.494 e. The number of thiocarbonyl (C=S) groups is 1. The van der Waals surface area contributed by atoms with Gasteiger partial charge >= 0.3 is 5.97 Å². The van der Waals surface area contributed by atoms with E-state index in [1.54, 1.807) is 43.0 Å². The summed E-state index contributed by atoms with van der Waals surface area (Å²) in [5.74, 6) is -0.670. The predicted octanol–water partition coefficient (Wildman–Crippen LogP) is 1.24. The molecular weight excluding hydrogens is 382 g/mol. The van der Waals surface area contributed by atoms with Crippen LogP contribution in [-0.2, 0) is 14.3 Å². The van der Waals surface area contributed by atoms with Crippen molar-refractivity contribution in [1.82, 2.24) is 15.5 Å². The molecule has 9 heteroatoms. The van der Waals surface area contributed by atoms with Crippen LogP contribution < -0.4 is 15.4 Å². The minimum absolute atomic E-state index is 0.0870. The number of ether oxygens (including phenoxy) is 2. The van der Waals surface area contributed by atoms with E-state index in [4.69, 9.17) is 21.7 Å². The van der Waals surface area contributed by atoms with Gasteiger partial charge in [0.05, 0.1) is 19.1 Å². The lowest BCUT2D eigenvalue weighted by molar-refractivity contribution is -0.150. The number of carbonyl (C=O) groups excluding carboxylic acids is 3. The molecule has 1 aliphatic heterocycles. The number of esters is 1. The van der Waals surface area contributed by atoms with Crippen LogP contribution >= 0.6 is 12.2 Å². The molecule has 0 unspecified atom stereocenters. The molecule has 2 N–H and O–H groups in total. The Balaban J connectivity index is 2.07. The van der Waals surface area contributed by atoms with Gasteiger partial charge in [-0.05, 0) is 51.2 Å². The van der Waals surface area contributed by atoms with Crippen molar-refractivity contribution in [3.05, 3.63) is 29.8 Å². The molecule has 1 aromatic carbocycles. The third kappa shape index (κ3) is 5.91. The van der Waals surface area contributed by atoms with Crippen molar-refractivity contribution >= 4 is 35.1 Å². The van der Waals surface area contributed by atoms with Crippen LogP contribution in [0.15, 0.2) is 24.3 Å². The molecular formula is C19H25N3O5S. The summed E-state index contributed by atoms with van der Waals surface area (Å²) in [5.41, 5.74) is 0.380. The first kappa shape index (κ1) is 21.6. The standard InChI is InChI=1S/C19H25N3O5S/c1-4-26-14-7-5-6-13(10-14)17(24)21-19(28)22-9-8-20-18(25)15(22)11-16(23)27-12(2)3/h5-7,10,12,15H,4,8-9,11H2,1-3H3,(H,20,25)(H,21,24,28)/t15-/m1/s1. The molecule has 8 nitrogen and oxygen atoms in total. The highest BCUT2D eigenvalue weighted by molar-refractivity contribution is 7.80. The number of amides is 2. The molecule has 0 saturated carbocycles. The summed E-state index contributed by atoms with van der Waals surface area (Å²) >= 11 is 5.34. The fourth-order valence-electron chi connectivity index (χ4n) is 2.76. The van der Waals surface area contributed by atoms with Gasteiger partial charge in [-0.15, -0.1) is 0 Å². The zero-order valence-corrected chi connectivity index (χ0v) is 17.0. The molecule has 152 valence electrons. The molecule has 1 heterocycles. The zero-order valence-electron chi connectivity index (χ0n) is 16.2. The number of carbonyl (C=O) groups is 3. The Morgan fingerprint density at radius 2 is 2.14 bits per heavy atom. The molecule has 1 aliphatic rings. The van der Waals surface area contributed by atoms with Gasteiger partial charge in [-0.25, -0.2) is 0 Å². The maximum absolute atomic E-state index is 12.5. The second-order valence-corrected chi connectivity index (χ2v) is 6.85. The van der Waals surface area contributed by atoms with Crippen molar-refractivity contribution in [2.45, 2.75) is 39.3 Å². The van der Waals surface area contributed by atoms with Crippen LogP contribution in [0.2, 0.25) is 0 Å². The van der Waals surface area contributed by atoms with Crippen molar-refractivity contribution in [2.24, 2.45) is 0 Å². The third-order valence-electron chi connectivity index (χ3n) is 3.95. The van der Waals surface area contributed by atoms with Gasteiger partial charge in [0, 0.05) is 18.7 Å². The number of nitrogens with zero attached hydrogens (tertiary/aromatic N) is 1. The van der Waals surface area contributed by atoms with E-state index in [9.17, 15) is 14.4 Å². The van der Waals surface area contributed by atoms with Crippen LogP contribution in [0, 0.1) is 0 Å². The fourth-order valence-corrected chi connectivity index (χ4v) is 3.08. The van der Waals surface area contributed by atoms with Crippen LogP contribution in [-0.4, -0.2) is 59.6 Å². The maximum Gasteiger partial charge on any atom is 0.308 e. The van der Waals surface area contributed by atoms with Crippen molar-refractivity contribution in [2.75, 3.05) is 19.7 Å². The van der Waals surface area contributed by atoms with Gasteiger partial charge < -0.3 is 19.7 Å². The monoisotopic (exact) mass is 407 g/mol. The van der Waals surface area contributed by atoms with Gasteiger partial charge in [-0.3, -0.25) is 19.7 Å². The van der Waals surface area contributed by atoms with Crippen molar-refractivity contribution in [1.29, 1.82) is 0 Å².